The second kappa shape index (κ2) is 7.57. The molecule has 0 aliphatic rings. The molecule has 158 valence electrons. The van der Waals surface area contributed by atoms with E-state index < -0.39 is 187 Å². The molecule has 0 nitrogen and oxygen atoms in total. The van der Waals surface area contributed by atoms with E-state index in [0.717, 1.165) is 6.07 Å². The lowest BCUT2D eigenvalue weighted by Crippen LogP contribution is -1.91. The highest BCUT2D eigenvalue weighted by Gasteiger charge is 2.16. The lowest BCUT2D eigenvalue weighted by atomic mass is 9.85. The Bertz CT molecular complexity index is 2960. The van der Waals surface area contributed by atoms with E-state index in [-0.39, 0.29) is 5.39 Å². The zero-order valence-electron chi connectivity index (χ0n) is 38.1. The normalized spacial score (nSPS) is 20.2. The maximum atomic E-state index is 9.59. The molecule has 0 atom stereocenters. The minimum absolute atomic E-state index is 0.336. The largest absolute Gasteiger partial charge is 0.0636 e. The minimum atomic E-state index is -0.864. The van der Waals surface area contributed by atoms with Crippen LogP contribution in [0.25, 0.3) is 65.3 Å². The van der Waals surface area contributed by atoms with Crippen molar-refractivity contribution in [2.75, 3.05) is 0 Å². The number of rotatable bonds is 2. The van der Waals surface area contributed by atoms with Crippen LogP contribution in [0.3, 0.4) is 0 Å². The van der Waals surface area contributed by atoms with E-state index in [1.54, 1.807) is 0 Å². The van der Waals surface area contributed by atoms with Crippen molar-refractivity contribution in [3.8, 4) is 22.3 Å². The van der Waals surface area contributed by atoms with Crippen molar-refractivity contribution in [3.63, 3.8) is 0 Å². The van der Waals surface area contributed by atoms with E-state index in [9.17, 15) is 2.74 Å². The van der Waals surface area contributed by atoms with Crippen LogP contribution in [0.4, 0.5) is 0 Å². The highest BCUT2D eigenvalue weighted by Crippen LogP contribution is 2.44. The van der Waals surface area contributed by atoms with Gasteiger partial charge in [0, 0.05) is 0 Å². The van der Waals surface area contributed by atoms with Crippen molar-refractivity contribution < 1.29 is 28.8 Å². The molecule has 0 aliphatic carbocycles. The Morgan fingerprint density at radius 3 is 1.65 bits per heavy atom. The van der Waals surface area contributed by atoms with Crippen molar-refractivity contribution in [2.45, 2.75) is 0 Å². The van der Waals surface area contributed by atoms with Gasteiger partial charge in [0.1, 0.15) is 0 Å². The van der Waals surface area contributed by atoms with E-state index >= 15 is 0 Å². The molecule has 7 aromatic carbocycles. The summed E-state index contributed by atoms with van der Waals surface area (Å²) in [5.74, 6) is 0. The highest BCUT2D eigenvalue weighted by atomic mass is 14.2. The quantitative estimate of drug-likeness (QED) is 0.181. The summed E-state index contributed by atoms with van der Waals surface area (Å²) in [7, 11) is 0. The molecule has 0 bridgehead atoms. The van der Waals surface area contributed by atoms with Gasteiger partial charge in [-0.1, -0.05) is 127 Å². The van der Waals surface area contributed by atoms with Crippen LogP contribution in [0.5, 0.6) is 0 Å². The van der Waals surface area contributed by atoms with Gasteiger partial charge in [0.05, 0.1) is 28.8 Å². The van der Waals surface area contributed by atoms with Crippen molar-refractivity contribution in [2.24, 2.45) is 0 Å². The first-order valence-corrected chi connectivity index (χ1v) is 10.1. The number of hydrogen-bond acceptors (Lipinski definition) is 0. The molecule has 34 heavy (non-hydrogen) atoms. The molecular weight excluding hydrogens is 408 g/mol. The number of fused-ring (bicyclic) bond motifs is 5. The SMILES string of the molecule is [2H]c1cc2c(-c3c([2H])c([2H])c([2H])c([2H])c3[2H])c3c([2H])c([2H])c([2H])c([2H])c3c(-c3c([2H])c([2H])c4c([2H])c([2H])c5c([2H])c([2H])c([2H])c([2H])c5c4c3[2H])c2c([2H])c1[2H]. The Kier molecular flexibility index (Phi) is 1.68. The van der Waals surface area contributed by atoms with Crippen molar-refractivity contribution in [3.05, 3.63) is 133 Å². The van der Waals surface area contributed by atoms with Crippen LogP contribution in [0, 0.1) is 0 Å². The first-order chi connectivity index (χ1) is 25.6. The predicted octanol–water partition coefficient (Wildman–Crippen LogP) is 9.63. The lowest BCUT2D eigenvalue weighted by Gasteiger charge is -2.18. The van der Waals surface area contributed by atoms with Crippen molar-refractivity contribution >= 4 is 43.1 Å². The van der Waals surface area contributed by atoms with Crippen LogP contribution in [0.15, 0.2) is 133 Å². The van der Waals surface area contributed by atoms with E-state index in [0.29, 0.717) is 0 Å². The minimum Gasteiger partial charge on any atom is -0.0622 e. The van der Waals surface area contributed by atoms with Gasteiger partial charge in [0.15, 0.2) is 0 Å². The van der Waals surface area contributed by atoms with Crippen LogP contribution in [-0.4, -0.2) is 0 Å². The first kappa shape index (κ1) is 7.55. The molecule has 7 aromatic rings. The van der Waals surface area contributed by atoms with Gasteiger partial charge in [-0.2, -0.15) is 0 Å². The lowest BCUT2D eigenvalue weighted by molar-refractivity contribution is 1.66. The fourth-order valence-electron chi connectivity index (χ4n) is 4.10. The summed E-state index contributed by atoms with van der Waals surface area (Å²) in [5.41, 5.74) is -2.17. The Labute approximate surface area is 228 Å². The van der Waals surface area contributed by atoms with Crippen LogP contribution >= 0.6 is 0 Å². The average molecular weight is 452 g/mol. The average Bonchev–Trinajstić information content (AvgIpc) is 3.15. The molecular formula is C34H22. The zero-order valence-corrected chi connectivity index (χ0v) is 17.1. The molecule has 0 aromatic heterocycles. The van der Waals surface area contributed by atoms with Gasteiger partial charge < -0.3 is 0 Å². The van der Waals surface area contributed by atoms with Gasteiger partial charge >= 0.3 is 0 Å². The Balaban J connectivity index is 1.91. The number of hydrogen-bond donors (Lipinski definition) is 0. The van der Waals surface area contributed by atoms with Crippen LogP contribution in [-0.2, 0) is 0 Å². The maximum absolute atomic E-state index is 9.59. The molecule has 0 N–H and O–H groups in total. The van der Waals surface area contributed by atoms with Gasteiger partial charge in [-0.25, -0.2) is 0 Å². The first-order valence-electron chi connectivity index (χ1n) is 20.6. The molecule has 0 saturated carbocycles. The van der Waals surface area contributed by atoms with E-state index in [1.807, 2.05) is 0 Å². The molecule has 0 heteroatoms. The third kappa shape index (κ3) is 2.86. The fraction of sp³-hybridized carbons (Fsp3) is 0. The highest BCUT2D eigenvalue weighted by molar-refractivity contribution is 6.22. The monoisotopic (exact) mass is 451 g/mol. The second-order valence-electron chi connectivity index (χ2n) is 7.33. The predicted molar refractivity (Wildman–Crippen MR) is 147 cm³/mol. The summed E-state index contributed by atoms with van der Waals surface area (Å²) in [6, 6.07) is -15.5. The molecule has 0 heterocycles. The van der Waals surface area contributed by atoms with Gasteiger partial charge in [-0.05, 0) is 71.4 Å². The standard InChI is InChI=1S/C34H22/c1-2-11-25(12-3-1)33-28-14-6-8-16-30(28)34(31-17-9-7-15-29(31)33)26-21-20-24-19-18-23-10-4-5-13-27(23)32(24)22-26/h1-22H/i1D,2D,3D,4D,5D,6D,7D,8D,9D,10D,11D,12D,13D,14D,16D,17D,18D,19D,20D,21D,22D. The molecule has 7 rings (SSSR count). The van der Waals surface area contributed by atoms with Gasteiger partial charge in [-0.15, -0.1) is 0 Å². The second-order valence-corrected chi connectivity index (χ2v) is 7.33. The van der Waals surface area contributed by atoms with Crippen molar-refractivity contribution in [1.82, 2.24) is 0 Å². The third-order valence-electron chi connectivity index (χ3n) is 5.51. The van der Waals surface area contributed by atoms with Gasteiger partial charge in [0.25, 0.3) is 0 Å². The Morgan fingerprint density at radius 1 is 0.353 bits per heavy atom. The summed E-state index contributed by atoms with van der Waals surface area (Å²) < 4.78 is 183. The topological polar surface area (TPSA) is 0 Å². The molecule has 0 saturated heterocycles. The fourth-order valence-corrected chi connectivity index (χ4v) is 4.10. The zero-order chi connectivity index (χ0) is 40.8. The molecule has 0 fully saturated rings. The summed E-state index contributed by atoms with van der Waals surface area (Å²) in [6.07, 6.45) is 0. The molecule has 0 unspecified atom stereocenters. The molecule has 0 radical (unpaired) electrons. The summed E-state index contributed by atoms with van der Waals surface area (Å²) >= 11 is 0. The Morgan fingerprint density at radius 2 is 0.882 bits per heavy atom. The number of benzene rings is 7. The van der Waals surface area contributed by atoms with E-state index in [1.165, 1.54) is 0 Å². The van der Waals surface area contributed by atoms with Crippen LogP contribution in [0.1, 0.15) is 28.8 Å². The molecule has 0 amide bonds. The van der Waals surface area contributed by atoms with E-state index in [2.05, 4.69) is 0 Å². The third-order valence-corrected chi connectivity index (χ3v) is 5.51. The van der Waals surface area contributed by atoms with Crippen molar-refractivity contribution in [1.29, 1.82) is 0 Å². The summed E-state index contributed by atoms with van der Waals surface area (Å²) in [6.45, 7) is 0. The summed E-state index contributed by atoms with van der Waals surface area (Å²) in [5, 5.41) is -3.77. The Hall–Kier alpha value is -4.42. The van der Waals surface area contributed by atoms with Gasteiger partial charge in [0.2, 0.25) is 0 Å². The molecule has 0 aliphatic heterocycles. The summed E-state index contributed by atoms with van der Waals surface area (Å²) in [4.78, 5) is 0. The van der Waals surface area contributed by atoms with Gasteiger partial charge in [-0.3, -0.25) is 0 Å². The molecule has 0 spiro atoms. The van der Waals surface area contributed by atoms with E-state index in [4.69, 9.17) is 26.0 Å². The van der Waals surface area contributed by atoms with Crippen LogP contribution < -0.4 is 0 Å². The maximum Gasteiger partial charge on any atom is 0.0636 e. The smallest absolute Gasteiger partial charge is 0.0622 e. The van der Waals surface area contributed by atoms with Crippen LogP contribution in [0.2, 0.25) is 0 Å².